The van der Waals surface area contributed by atoms with Crippen molar-refractivity contribution in [3.63, 3.8) is 0 Å². The third-order valence-corrected chi connectivity index (χ3v) is 4.65. The summed E-state index contributed by atoms with van der Waals surface area (Å²) in [5, 5.41) is 0. The highest BCUT2D eigenvalue weighted by atomic mass is 79.9. The smallest absolute Gasteiger partial charge is 0.234 e. The molecule has 2 aromatic carbocycles. The van der Waals surface area contributed by atoms with Crippen molar-refractivity contribution in [1.82, 2.24) is 0 Å². The molecule has 0 spiro atoms. The van der Waals surface area contributed by atoms with E-state index in [-0.39, 0.29) is 11.8 Å². The molecule has 1 aliphatic heterocycles. The number of carbonyl (C=O) groups is 1. The number of halogens is 1. The quantitative estimate of drug-likeness (QED) is 0.810. The van der Waals surface area contributed by atoms with Gasteiger partial charge in [0.2, 0.25) is 5.91 Å². The SMILES string of the molecule is COc1cc(OC)cc(C2CCN(c3ccc(Br)cc3)C2=O)c1. The van der Waals surface area contributed by atoms with Gasteiger partial charge >= 0.3 is 0 Å². The van der Waals surface area contributed by atoms with E-state index in [0.29, 0.717) is 18.0 Å². The van der Waals surface area contributed by atoms with E-state index in [4.69, 9.17) is 9.47 Å². The first-order valence-corrected chi connectivity index (χ1v) is 8.21. The van der Waals surface area contributed by atoms with Gasteiger partial charge in [-0.1, -0.05) is 15.9 Å². The lowest BCUT2D eigenvalue weighted by Crippen LogP contribution is -2.26. The van der Waals surface area contributed by atoms with E-state index >= 15 is 0 Å². The van der Waals surface area contributed by atoms with Crippen molar-refractivity contribution < 1.29 is 14.3 Å². The number of methoxy groups -OCH3 is 2. The zero-order valence-electron chi connectivity index (χ0n) is 13.1. The summed E-state index contributed by atoms with van der Waals surface area (Å²) >= 11 is 3.42. The van der Waals surface area contributed by atoms with Crippen LogP contribution >= 0.6 is 15.9 Å². The first-order chi connectivity index (χ1) is 11.1. The van der Waals surface area contributed by atoms with Gasteiger partial charge in [-0.15, -0.1) is 0 Å². The minimum Gasteiger partial charge on any atom is -0.497 e. The lowest BCUT2D eigenvalue weighted by Gasteiger charge is -2.17. The van der Waals surface area contributed by atoms with Crippen LogP contribution in [0.25, 0.3) is 0 Å². The Morgan fingerprint density at radius 2 is 1.65 bits per heavy atom. The maximum Gasteiger partial charge on any atom is 0.234 e. The zero-order valence-corrected chi connectivity index (χ0v) is 14.7. The van der Waals surface area contributed by atoms with Crippen LogP contribution in [0.3, 0.4) is 0 Å². The normalized spacial score (nSPS) is 17.4. The number of benzene rings is 2. The predicted molar refractivity (Wildman–Crippen MR) is 93.4 cm³/mol. The highest BCUT2D eigenvalue weighted by Crippen LogP contribution is 2.36. The molecular weight excluding hydrogens is 358 g/mol. The summed E-state index contributed by atoms with van der Waals surface area (Å²) in [5.74, 6) is 1.36. The van der Waals surface area contributed by atoms with Gasteiger partial charge in [0.25, 0.3) is 0 Å². The fourth-order valence-electron chi connectivity index (χ4n) is 2.90. The highest BCUT2D eigenvalue weighted by molar-refractivity contribution is 9.10. The highest BCUT2D eigenvalue weighted by Gasteiger charge is 2.34. The minimum absolute atomic E-state index is 0.114. The average molecular weight is 376 g/mol. The third kappa shape index (κ3) is 3.20. The molecule has 1 fully saturated rings. The van der Waals surface area contributed by atoms with Gasteiger partial charge in [0.15, 0.2) is 0 Å². The Morgan fingerprint density at radius 3 is 2.22 bits per heavy atom. The fraction of sp³-hybridized carbons (Fsp3) is 0.278. The Balaban J connectivity index is 1.88. The van der Waals surface area contributed by atoms with E-state index < -0.39 is 0 Å². The van der Waals surface area contributed by atoms with Crippen LogP contribution < -0.4 is 14.4 Å². The summed E-state index contributed by atoms with van der Waals surface area (Å²) < 4.78 is 11.6. The van der Waals surface area contributed by atoms with Crippen molar-refractivity contribution >= 4 is 27.5 Å². The van der Waals surface area contributed by atoms with Crippen molar-refractivity contribution in [2.24, 2.45) is 0 Å². The molecule has 1 heterocycles. The summed E-state index contributed by atoms with van der Waals surface area (Å²) in [5.41, 5.74) is 1.86. The first kappa shape index (κ1) is 15.9. The molecule has 0 bridgehead atoms. The van der Waals surface area contributed by atoms with Gasteiger partial charge in [-0.2, -0.15) is 0 Å². The number of hydrogen-bond acceptors (Lipinski definition) is 3. The van der Waals surface area contributed by atoms with Crippen LogP contribution in [0.4, 0.5) is 5.69 Å². The van der Waals surface area contributed by atoms with Crippen LogP contribution in [-0.4, -0.2) is 26.7 Å². The van der Waals surface area contributed by atoms with Crippen molar-refractivity contribution in [1.29, 1.82) is 0 Å². The second-order valence-corrected chi connectivity index (χ2v) is 6.37. The number of rotatable bonds is 4. The van der Waals surface area contributed by atoms with Gasteiger partial charge in [0, 0.05) is 22.8 Å². The minimum atomic E-state index is -0.164. The Labute approximate surface area is 144 Å². The summed E-state index contributed by atoms with van der Waals surface area (Å²) in [6, 6.07) is 13.4. The van der Waals surface area contributed by atoms with E-state index in [9.17, 15) is 4.79 Å². The average Bonchev–Trinajstić information content (AvgIpc) is 2.96. The number of hydrogen-bond donors (Lipinski definition) is 0. The van der Waals surface area contributed by atoms with Gasteiger partial charge in [-0.3, -0.25) is 4.79 Å². The molecule has 1 saturated heterocycles. The number of anilines is 1. The van der Waals surface area contributed by atoms with Crippen molar-refractivity contribution in [3.8, 4) is 11.5 Å². The number of amides is 1. The van der Waals surface area contributed by atoms with Gasteiger partial charge in [0.05, 0.1) is 20.1 Å². The van der Waals surface area contributed by atoms with Crippen LogP contribution in [-0.2, 0) is 4.79 Å². The molecule has 0 N–H and O–H groups in total. The molecule has 0 saturated carbocycles. The predicted octanol–water partition coefficient (Wildman–Crippen LogP) is 3.99. The lowest BCUT2D eigenvalue weighted by molar-refractivity contribution is -0.118. The third-order valence-electron chi connectivity index (χ3n) is 4.12. The largest absolute Gasteiger partial charge is 0.497 e. The molecule has 1 atom stereocenters. The summed E-state index contributed by atoms with van der Waals surface area (Å²) in [7, 11) is 3.23. The van der Waals surface area contributed by atoms with Crippen LogP contribution in [0.2, 0.25) is 0 Å². The Bertz CT molecular complexity index is 692. The molecule has 0 aromatic heterocycles. The Hall–Kier alpha value is -2.01. The molecule has 2 aromatic rings. The van der Waals surface area contributed by atoms with Crippen molar-refractivity contribution in [2.45, 2.75) is 12.3 Å². The number of carbonyl (C=O) groups excluding carboxylic acids is 1. The summed E-state index contributed by atoms with van der Waals surface area (Å²) in [6.07, 6.45) is 0.783. The Kier molecular flexibility index (Phi) is 4.57. The molecule has 1 aliphatic rings. The molecular formula is C18H18BrNO3. The molecule has 23 heavy (non-hydrogen) atoms. The van der Waals surface area contributed by atoms with Crippen molar-refractivity contribution in [2.75, 3.05) is 25.7 Å². The lowest BCUT2D eigenvalue weighted by atomic mass is 9.97. The molecule has 120 valence electrons. The van der Waals surface area contributed by atoms with E-state index in [1.165, 1.54) is 0 Å². The van der Waals surface area contributed by atoms with Crippen LogP contribution in [0.5, 0.6) is 11.5 Å². The molecule has 0 radical (unpaired) electrons. The summed E-state index contributed by atoms with van der Waals surface area (Å²) in [6.45, 7) is 0.713. The van der Waals surface area contributed by atoms with Crippen LogP contribution in [0.1, 0.15) is 17.9 Å². The Morgan fingerprint density at radius 1 is 1.04 bits per heavy atom. The fourth-order valence-corrected chi connectivity index (χ4v) is 3.16. The van der Waals surface area contributed by atoms with E-state index in [1.54, 1.807) is 14.2 Å². The van der Waals surface area contributed by atoms with Gasteiger partial charge < -0.3 is 14.4 Å². The number of nitrogens with zero attached hydrogens (tertiary/aromatic N) is 1. The monoisotopic (exact) mass is 375 g/mol. The second-order valence-electron chi connectivity index (χ2n) is 5.45. The standard InChI is InChI=1S/C18H18BrNO3/c1-22-15-9-12(10-16(11-15)23-2)17-7-8-20(18(17)21)14-5-3-13(19)4-6-14/h3-6,9-11,17H,7-8H2,1-2H3. The zero-order chi connectivity index (χ0) is 16.4. The molecule has 5 heteroatoms. The topological polar surface area (TPSA) is 38.8 Å². The van der Waals surface area contributed by atoms with Crippen molar-refractivity contribution in [3.05, 3.63) is 52.5 Å². The molecule has 1 unspecified atom stereocenters. The van der Waals surface area contributed by atoms with Gasteiger partial charge in [0.1, 0.15) is 11.5 Å². The molecule has 4 nitrogen and oxygen atoms in total. The molecule has 1 amide bonds. The maximum atomic E-state index is 12.8. The van der Waals surface area contributed by atoms with E-state index in [0.717, 1.165) is 22.1 Å². The van der Waals surface area contributed by atoms with Gasteiger partial charge in [-0.25, -0.2) is 0 Å². The number of ether oxygens (including phenoxy) is 2. The van der Waals surface area contributed by atoms with E-state index in [1.807, 2.05) is 47.4 Å². The second kappa shape index (κ2) is 6.62. The molecule has 3 rings (SSSR count). The first-order valence-electron chi connectivity index (χ1n) is 7.42. The van der Waals surface area contributed by atoms with E-state index in [2.05, 4.69) is 15.9 Å². The van der Waals surface area contributed by atoms with Gasteiger partial charge in [-0.05, 0) is 48.4 Å². The van der Waals surface area contributed by atoms with Crippen LogP contribution in [0, 0.1) is 0 Å². The van der Waals surface area contributed by atoms with Crippen LogP contribution in [0.15, 0.2) is 46.9 Å². The maximum absolute atomic E-state index is 12.8. The molecule has 0 aliphatic carbocycles. The summed E-state index contributed by atoms with van der Waals surface area (Å²) in [4.78, 5) is 14.7.